The molecular weight excluding hydrogens is 168 g/mol. The van der Waals surface area contributed by atoms with Crippen molar-refractivity contribution in [3.8, 4) is 11.5 Å². The smallest absolute Gasteiger partial charge is 0.161 e. The average molecular weight is 181 g/mol. The third kappa shape index (κ3) is 2.36. The second kappa shape index (κ2) is 4.72. The fraction of sp³-hybridized carbons (Fsp3) is 0.300. The van der Waals surface area contributed by atoms with Gasteiger partial charge >= 0.3 is 0 Å². The first-order chi connectivity index (χ1) is 6.31. The number of ether oxygens (including phenoxy) is 3. The van der Waals surface area contributed by atoms with Crippen molar-refractivity contribution in [3.63, 3.8) is 0 Å². The summed E-state index contributed by atoms with van der Waals surface area (Å²) in [6.45, 7) is 0.473. The van der Waals surface area contributed by atoms with Gasteiger partial charge in [0.05, 0.1) is 27.9 Å². The van der Waals surface area contributed by atoms with Crippen molar-refractivity contribution in [2.24, 2.45) is 0 Å². The number of hydrogen-bond donors (Lipinski definition) is 0. The minimum Gasteiger partial charge on any atom is -0.493 e. The molecule has 0 amide bonds. The van der Waals surface area contributed by atoms with Crippen LogP contribution in [0.15, 0.2) is 18.2 Å². The molecule has 0 saturated heterocycles. The molecule has 13 heavy (non-hydrogen) atoms. The summed E-state index contributed by atoms with van der Waals surface area (Å²) in [4.78, 5) is 0. The quantitative estimate of drug-likeness (QED) is 0.711. The van der Waals surface area contributed by atoms with Gasteiger partial charge < -0.3 is 14.2 Å². The molecule has 1 radical (unpaired) electrons. The molecule has 0 fully saturated rings. The van der Waals surface area contributed by atoms with Crippen LogP contribution < -0.4 is 9.47 Å². The SMILES string of the molecule is [CH2]OCc1ccc(OC)c(OC)c1. The number of methoxy groups -OCH3 is 2. The van der Waals surface area contributed by atoms with Gasteiger partial charge in [-0.25, -0.2) is 0 Å². The van der Waals surface area contributed by atoms with Gasteiger partial charge in [-0.2, -0.15) is 0 Å². The fourth-order valence-corrected chi connectivity index (χ4v) is 1.09. The molecule has 0 aromatic heterocycles. The number of hydrogen-bond acceptors (Lipinski definition) is 3. The Balaban J connectivity index is 2.91. The Kier molecular flexibility index (Phi) is 3.58. The van der Waals surface area contributed by atoms with Gasteiger partial charge in [0.25, 0.3) is 0 Å². The predicted molar refractivity (Wildman–Crippen MR) is 49.7 cm³/mol. The van der Waals surface area contributed by atoms with Crippen LogP contribution in [0.5, 0.6) is 11.5 Å². The van der Waals surface area contributed by atoms with Crippen molar-refractivity contribution in [3.05, 3.63) is 30.9 Å². The zero-order chi connectivity index (χ0) is 9.68. The largest absolute Gasteiger partial charge is 0.493 e. The minimum absolute atomic E-state index is 0.473. The number of rotatable bonds is 4. The van der Waals surface area contributed by atoms with Crippen LogP contribution in [-0.2, 0) is 11.3 Å². The molecule has 1 rings (SSSR count). The molecule has 0 atom stereocenters. The van der Waals surface area contributed by atoms with Crippen LogP contribution in [0.3, 0.4) is 0 Å². The van der Waals surface area contributed by atoms with E-state index >= 15 is 0 Å². The molecule has 0 unspecified atom stereocenters. The van der Waals surface area contributed by atoms with E-state index in [9.17, 15) is 0 Å². The second-order valence-electron chi connectivity index (χ2n) is 2.54. The molecule has 3 nitrogen and oxygen atoms in total. The molecule has 0 aliphatic heterocycles. The lowest BCUT2D eigenvalue weighted by Crippen LogP contribution is -1.93. The van der Waals surface area contributed by atoms with Gasteiger partial charge in [-0.1, -0.05) is 6.07 Å². The van der Waals surface area contributed by atoms with Crippen molar-refractivity contribution in [2.45, 2.75) is 6.61 Å². The Hall–Kier alpha value is -1.22. The van der Waals surface area contributed by atoms with Crippen LogP contribution in [0.4, 0.5) is 0 Å². The topological polar surface area (TPSA) is 27.7 Å². The molecule has 0 bridgehead atoms. The van der Waals surface area contributed by atoms with E-state index < -0.39 is 0 Å². The average Bonchev–Trinajstić information content (AvgIpc) is 2.18. The highest BCUT2D eigenvalue weighted by molar-refractivity contribution is 5.42. The van der Waals surface area contributed by atoms with Crippen molar-refractivity contribution < 1.29 is 14.2 Å². The maximum Gasteiger partial charge on any atom is 0.161 e. The van der Waals surface area contributed by atoms with Crippen molar-refractivity contribution >= 4 is 0 Å². The fourth-order valence-electron chi connectivity index (χ4n) is 1.09. The van der Waals surface area contributed by atoms with E-state index in [1.807, 2.05) is 18.2 Å². The van der Waals surface area contributed by atoms with Gasteiger partial charge in [0.15, 0.2) is 11.5 Å². The van der Waals surface area contributed by atoms with Crippen molar-refractivity contribution in [1.29, 1.82) is 0 Å². The van der Waals surface area contributed by atoms with E-state index in [2.05, 4.69) is 7.11 Å². The maximum absolute atomic E-state index is 5.12. The standard InChI is InChI=1S/C10H13O3/c1-11-7-8-4-5-9(12-2)10(6-8)13-3/h4-6H,1,7H2,2-3H3. The zero-order valence-electron chi connectivity index (χ0n) is 7.87. The highest BCUT2D eigenvalue weighted by Gasteiger charge is 2.03. The summed E-state index contributed by atoms with van der Waals surface area (Å²) < 4.78 is 15.0. The molecule has 0 aliphatic carbocycles. The van der Waals surface area contributed by atoms with E-state index in [-0.39, 0.29) is 0 Å². The summed E-state index contributed by atoms with van der Waals surface area (Å²) in [6.07, 6.45) is 0. The van der Waals surface area contributed by atoms with Gasteiger partial charge in [0.2, 0.25) is 0 Å². The Morgan fingerprint density at radius 3 is 2.38 bits per heavy atom. The van der Waals surface area contributed by atoms with Crippen molar-refractivity contribution in [1.82, 2.24) is 0 Å². The summed E-state index contributed by atoms with van der Waals surface area (Å²) >= 11 is 0. The van der Waals surface area contributed by atoms with Gasteiger partial charge in [-0.05, 0) is 17.7 Å². The van der Waals surface area contributed by atoms with Crippen LogP contribution in [0.1, 0.15) is 5.56 Å². The predicted octanol–water partition coefficient (Wildman–Crippen LogP) is 2.01. The molecule has 1 aromatic carbocycles. The Morgan fingerprint density at radius 1 is 1.15 bits per heavy atom. The summed E-state index contributed by atoms with van der Waals surface area (Å²) in [5.41, 5.74) is 1.01. The molecule has 0 heterocycles. The molecule has 0 saturated carbocycles. The van der Waals surface area contributed by atoms with E-state index in [1.54, 1.807) is 14.2 Å². The molecule has 0 spiro atoms. The van der Waals surface area contributed by atoms with Gasteiger partial charge in [-0.3, -0.25) is 0 Å². The molecular formula is C10H13O3. The third-order valence-electron chi connectivity index (χ3n) is 1.72. The van der Waals surface area contributed by atoms with E-state index in [4.69, 9.17) is 14.2 Å². The number of benzene rings is 1. The van der Waals surface area contributed by atoms with Crippen LogP contribution in [0.25, 0.3) is 0 Å². The summed E-state index contributed by atoms with van der Waals surface area (Å²) in [6, 6.07) is 5.61. The summed E-state index contributed by atoms with van der Waals surface area (Å²) in [5, 5.41) is 0. The molecule has 3 heteroatoms. The molecule has 71 valence electrons. The zero-order valence-corrected chi connectivity index (χ0v) is 7.87. The van der Waals surface area contributed by atoms with Gasteiger partial charge in [-0.15, -0.1) is 0 Å². The first-order valence-corrected chi connectivity index (χ1v) is 3.89. The normalized spacial score (nSPS) is 9.77. The van der Waals surface area contributed by atoms with Crippen LogP contribution in [0.2, 0.25) is 0 Å². The van der Waals surface area contributed by atoms with Gasteiger partial charge in [0.1, 0.15) is 0 Å². The highest BCUT2D eigenvalue weighted by Crippen LogP contribution is 2.27. The molecule has 1 aromatic rings. The summed E-state index contributed by atoms with van der Waals surface area (Å²) in [5.74, 6) is 1.42. The van der Waals surface area contributed by atoms with Crippen LogP contribution in [-0.4, -0.2) is 14.2 Å². The third-order valence-corrected chi connectivity index (χ3v) is 1.72. The first kappa shape index (κ1) is 9.86. The Bertz CT molecular complexity index is 271. The van der Waals surface area contributed by atoms with E-state index in [0.29, 0.717) is 12.4 Å². The lowest BCUT2D eigenvalue weighted by Gasteiger charge is -2.08. The van der Waals surface area contributed by atoms with E-state index in [1.165, 1.54) is 0 Å². The Morgan fingerprint density at radius 2 is 1.85 bits per heavy atom. The van der Waals surface area contributed by atoms with Crippen LogP contribution in [0, 0.1) is 7.11 Å². The Labute approximate surface area is 78.2 Å². The molecule has 0 N–H and O–H groups in total. The minimum atomic E-state index is 0.473. The van der Waals surface area contributed by atoms with Crippen molar-refractivity contribution in [2.75, 3.05) is 14.2 Å². The second-order valence-corrected chi connectivity index (χ2v) is 2.54. The van der Waals surface area contributed by atoms with Crippen LogP contribution >= 0.6 is 0 Å². The lowest BCUT2D eigenvalue weighted by molar-refractivity contribution is 0.228. The van der Waals surface area contributed by atoms with E-state index in [0.717, 1.165) is 11.3 Å². The summed E-state index contributed by atoms with van der Waals surface area (Å²) in [7, 11) is 6.52. The monoisotopic (exact) mass is 181 g/mol. The highest BCUT2D eigenvalue weighted by atomic mass is 16.5. The first-order valence-electron chi connectivity index (χ1n) is 3.89. The molecule has 0 aliphatic rings. The lowest BCUT2D eigenvalue weighted by atomic mass is 10.2. The van der Waals surface area contributed by atoms with Gasteiger partial charge in [0, 0.05) is 0 Å². The maximum atomic E-state index is 5.12.